The lowest BCUT2D eigenvalue weighted by molar-refractivity contribution is 0.233. The van der Waals surface area contributed by atoms with Crippen LogP contribution < -0.4 is 10.5 Å². The Balaban J connectivity index is 2.59. The number of unbranched alkanes of at least 4 members (excludes halogenated alkanes) is 1. The third-order valence-electron chi connectivity index (χ3n) is 3.07. The number of halogens is 2. The van der Waals surface area contributed by atoms with E-state index in [1.165, 1.54) is 18.9 Å². The number of hydrogen-bond donors (Lipinski definition) is 1. The molecule has 0 saturated heterocycles. The molecule has 0 aliphatic rings. The highest BCUT2D eigenvalue weighted by atomic mass is 127. The van der Waals surface area contributed by atoms with Crippen molar-refractivity contribution in [2.75, 3.05) is 12.3 Å². The van der Waals surface area contributed by atoms with Crippen molar-refractivity contribution >= 4 is 28.3 Å². The number of benzene rings is 1. The number of rotatable bonds is 7. The highest BCUT2D eigenvalue weighted by Gasteiger charge is 2.10. The van der Waals surface area contributed by atoms with Gasteiger partial charge in [-0.25, -0.2) is 4.39 Å². The third kappa shape index (κ3) is 4.63. The predicted octanol–water partition coefficient (Wildman–Crippen LogP) is 4.61. The fraction of sp³-hybridized carbons (Fsp3) is 0.571. The molecule has 0 heterocycles. The van der Waals surface area contributed by atoms with Gasteiger partial charge in [-0.3, -0.25) is 0 Å². The van der Waals surface area contributed by atoms with Crippen LogP contribution in [0.3, 0.4) is 0 Å². The molecule has 0 bridgehead atoms. The molecular formula is C14H21FINO. The van der Waals surface area contributed by atoms with Gasteiger partial charge in [-0.15, -0.1) is 0 Å². The Morgan fingerprint density at radius 3 is 2.72 bits per heavy atom. The zero-order chi connectivity index (χ0) is 13.5. The second-order valence-electron chi connectivity index (χ2n) is 4.53. The molecule has 2 nitrogen and oxygen atoms in total. The van der Waals surface area contributed by atoms with Crippen molar-refractivity contribution in [3.8, 4) is 5.75 Å². The van der Waals surface area contributed by atoms with Crippen LogP contribution in [-0.2, 0) is 0 Å². The normalized spacial score (nSPS) is 12.4. The largest absolute Gasteiger partial charge is 0.491 e. The van der Waals surface area contributed by atoms with Gasteiger partial charge >= 0.3 is 0 Å². The first-order valence-corrected chi connectivity index (χ1v) is 7.53. The van der Waals surface area contributed by atoms with E-state index in [0.717, 1.165) is 12.8 Å². The Hall–Kier alpha value is -0.520. The van der Waals surface area contributed by atoms with E-state index < -0.39 is 0 Å². The first kappa shape index (κ1) is 15.5. The van der Waals surface area contributed by atoms with E-state index in [1.54, 1.807) is 6.07 Å². The SMILES string of the molecule is CCCCC(CC)COc1cc(F)c(I)cc1N. The van der Waals surface area contributed by atoms with E-state index in [-0.39, 0.29) is 5.82 Å². The van der Waals surface area contributed by atoms with Crippen molar-refractivity contribution in [1.82, 2.24) is 0 Å². The van der Waals surface area contributed by atoms with E-state index in [2.05, 4.69) is 13.8 Å². The summed E-state index contributed by atoms with van der Waals surface area (Å²) in [5.41, 5.74) is 6.33. The molecule has 0 saturated carbocycles. The van der Waals surface area contributed by atoms with E-state index in [0.29, 0.717) is 27.5 Å². The first-order valence-electron chi connectivity index (χ1n) is 6.45. The second kappa shape index (κ2) is 7.81. The van der Waals surface area contributed by atoms with Crippen LogP contribution in [0, 0.1) is 15.3 Å². The van der Waals surface area contributed by atoms with Gasteiger partial charge in [0.2, 0.25) is 0 Å². The molecule has 4 heteroatoms. The van der Waals surface area contributed by atoms with Crippen LogP contribution in [0.4, 0.5) is 10.1 Å². The Bertz CT molecular complexity index is 384. The predicted molar refractivity (Wildman–Crippen MR) is 82.3 cm³/mol. The molecule has 0 spiro atoms. The molecule has 1 unspecified atom stereocenters. The molecular weight excluding hydrogens is 344 g/mol. The van der Waals surface area contributed by atoms with Gasteiger partial charge in [0.05, 0.1) is 15.9 Å². The summed E-state index contributed by atoms with van der Waals surface area (Å²) in [6.45, 7) is 4.95. The Morgan fingerprint density at radius 1 is 1.39 bits per heavy atom. The molecule has 0 amide bonds. The number of hydrogen-bond acceptors (Lipinski definition) is 2. The van der Waals surface area contributed by atoms with E-state index in [4.69, 9.17) is 10.5 Å². The summed E-state index contributed by atoms with van der Waals surface area (Å²) in [5.74, 6) is 0.705. The van der Waals surface area contributed by atoms with Crippen LogP contribution in [-0.4, -0.2) is 6.61 Å². The van der Waals surface area contributed by atoms with Gasteiger partial charge in [0.25, 0.3) is 0 Å². The maximum atomic E-state index is 13.4. The molecule has 1 aromatic rings. The Morgan fingerprint density at radius 2 is 2.11 bits per heavy atom. The molecule has 1 atom stereocenters. The van der Waals surface area contributed by atoms with Gasteiger partial charge < -0.3 is 10.5 Å². The minimum absolute atomic E-state index is 0.276. The number of ether oxygens (including phenoxy) is 1. The molecule has 0 fully saturated rings. The van der Waals surface area contributed by atoms with Crippen molar-refractivity contribution in [1.29, 1.82) is 0 Å². The van der Waals surface area contributed by atoms with Gasteiger partial charge in [-0.2, -0.15) is 0 Å². The van der Waals surface area contributed by atoms with E-state index >= 15 is 0 Å². The standard InChI is InChI=1S/C14H21FINO/c1-3-5-6-10(4-2)9-18-14-7-11(15)12(16)8-13(14)17/h7-8,10H,3-6,9,17H2,1-2H3. The lowest BCUT2D eigenvalue weighted by atomic mass is 10.0. The average molecular weight is 365 g/mol. The summed E-state index contributed by atoms with van der Waals surface area (Å²) >= 11 is 1.92. The van der Waals surface area contributed by atoms with Crippen molar-refractivity contribution < 1.29 is 9.13 Å². The summed E-state index contributed by atoms with van der Waals surface area (Å²) in [4.78, 5) is 0. The van der Waals surface area contributed by atoms with E-state index in [1.807, 2.05) is 22.6 Å². The smallest absolute Gasteiger partial charge is 0.145 e. The summed E-state index contributed by atoms with van der Waals surface area (Å²) in [5, 5.41) is 0. The van der Waals surface area contributed by atoms with Gasteiger partial charge in [0.1, 0.15) is 11.6 Å². The monoisotopic (exact) mass is 365 g/mol. The van der Waals surface area contributed by atoms with Crippen molar-refractivity contribution in [2.24, 2.45) is 5.92 Å². The quantitative estimate of drug-likeness (QED) is 0.566. The van der Waals surface area contributed by atoms with Crippen LogP contribution in [0.1, 0.15) is 39.5 Å². The molecule has 0 aliphatic carbocycles. The first-order chi connectivity index (χ1) is 8.58. The highest BCUT2D eigenvalue weighted by molar-refractivity contribution is 14.1. The minimum atomic E-state index is -0.276. The van der Waals surface area contributed by atoms with Gasteiger partial charge in [0.15, 0.2) is 0 Å². The minimum Gasteiger partial charge on any atom is -0.491 e. The van der Waals surface area contributed by atoms with Crippen LogP contribution in [0.2, 0.25) is 0 Å². The third-order valence-corrected chi connectivity index (χ3v) is 3.90. The van der Waals surface area contributed by atoms with Crippen LogP contribution >= 0.6 is 22.6 Å². The van der Waals surface area contributed by atoms with Crippen molar-refractivity contribution in [2.45, 2.75) is 39.5 Å². The summed E-state index contributed by atoms with van der Waals surface area (Å²) < 4.78 is 19.6. The van der Waals surface area contributed by atoms with Crippen LogP contribution in [0.5, 0.6) is 5.75 Å². The van der Waals surface area contributed by atoms with Crippen LogP contribution in [0.15, 0.2) is 12.1 Å². The van der Waals surface area contributed by atoms with Crippen molar-refractivity contribution in [3.05, 3.63) is 21.5 Å². The zero-order valence-corrected chi connectivity index (χ0v) is 13.2. The molecule has 0 aromatic heterocycles. The molecule has 0 aliphatic heterocycles. The maximum absolute atomic E-state index is 13.4. The topological polar surface area (TPSA) is 35.2 Å². The number of nitrogen functional groups attached to an aromatic ring is 1. The highest BCUT2D eigenvalue weighted by Crippen LogP contribution is 2.27. The zero-order valence-electron chi connectivity index (χ0n) is 11.0. The van der Waals surface area contributed by atoms with Gasteiger partial charge in [0, 0.05) is 6.07 Å². The fourth-order valence-electron chi connectivity index (χ4n) is 1.77. The molecule has 0 radical (unpaired) electrons. The Labute approximate surface area is 122 Å². The maximum Gasteiger partial charge on any atom is 0.145 e. The lowest BCUT2D eigenvalue weighted by Crippen LogP contribution is -2.12. The molecule has 18 heavy (non-hydrogen) atoms. The fourth-order valence-corrected chi connectivity index (χ4v) is 2.27. The number of nitrogens with two attached hydrogens (primary N) is 1. The summed E-state index contributed by atoms with van der Waals surface area (Å²) in [6, 6.07) is 2.99. The number of anilines is 1. The lowest BCUT2D eigenvalue weighted by Gasteiger charge is -2.16. The van der Waals surface area contributed by atoms with Crippen molar-refractivity contribution in [3.63, 3.8) is 0 Å². The molecule has 2 N–H and O–H groups in total. The molecule has 1 rings (SSSR count). The second-order valence-corrected chi connectivity index (χ2v) is 5.69. The molecule has 1 aromatic carbocycles. The summed E-state index contributed by atoms with van der Waals surface area (Å²) in [6.07, 6.45) is 4.63. The average Bonchev–Trinajstić information content (AvgIpc) is 2.35. The van der Waals surface area contributed by atoms with Gasteiger partial charge in [-0.05, 0) is 41.0 Å². The Kier molecular flexibility index (Phi) is 6.75. The van der Waals surface area contributed by atoms with Gasteiger partial charge in [-0.1, -0.05) is 33.1 Å². The van der Waals surface area contributed by atoms with Crippen LogP contribution in [0.25, 0.3) is 0 Å². The molecule has 102 valence electrons. The van der Waals surface area contributed by atoms with E-state index in [9.17, 15) is 4.39 Å². The summed E-state index contributed by atoms with van der Waals surface area (Å²) in [7, 11) is 0.